The Hall–Kier alpha value is -0.470. The van der Waals surface area contributed by atoms with E-state index in [0.29, 0.717) is 0 Å². The molecule has 1 nitrogen and oxygen atoms in total. The minimum absolute atomic E-state index is 0.894. The van der Waals surface area contributed by atoms with Gasteiger partial charge in [-0.1, -0.05) is 23.8 Å². The van der Waals surface area contributed by atoms with Crippen molar-refractivity contribution in [3.05, 3.63) is 34.9 Å². The maximum absolute atomic E-state index is 4.15. The highest BCUT2D eigenvalue weighted by molar-refractivity contribution is 7.80. The van der Waals surface area contributed by atoms with Gasteiger partial charge in [-0.3, -0.25) is 0 Å². The van der Waals surface area contributed by atoms with Gasteiger partial charge in [-0.2, -0.15) is 12.6 Å². The predicted molar refractivity (Wildman–Crippen MR) is 61.5 cm³/mol. The molecule has 0 unspecified atom stereocenters. The second-order valence-electron chi connectivity index (χ2n) is 3.33. The van der Waals surface area contributed by atoms with Gasteiger partial charge in [-0.25, -0.2) is 0 Å². The highest BCUT2D eigenvalue weighted by Gasteiger charge is 1.97. The summed E-state index contributed by atoms with van der Waals surface area (Å²) >= 11 is 4.15. The van der Waals surface area contributed by atoms with Gasteiger partial charge in [0.2, 0.25) is 0 Å². The van der Waals surface area contributed by atoms with Gasteiger partial charge in [0.15, 0.2) is 0 Å². The third-order valence-electron chi connectivity index (χ3n) is 2.11. The molecule has 0 atom stereocenters. The highest BCUT2D eigenvalue weighted by atomic mass is 32.1. The molecule has 1 aromatic carbocycles. The highest BCUT2D eigenvalue weighted by Crippen LogP contribution is 2.09. The normalized spacial score (nSPS) is 10.4. The quantitative estimate of drug-likeness (QED) is 0.555. The van der Waals surface area contributed by atoms with Crippen LogP contribution in [-0.2, 0) is 6.54 Å². The monoisotopic (exact) mass is 195 g/mol. The van der Waals surface area contributed by atoms with E-state index in [4.69, 9.17) is 0 Å². The van der Waals surface area contributed by atoms with Crippen molar-refractivity contribution in [1.29, 1.82) is 0 Å². The summed E-state index contributed by atoms with van der Waals surface area (Å²) in [5.41, 5.74) is 4.08. The van der Waals surface area contributed by atoms with Crippen molar-refractivity contribution in [3.8, 4) is 0 Å². The summed E-state index contributed by atoms with van der Waals surface area (Å²) in [6.45, 7) is 6.20. The Balaban J connectivity index is 2.59. The zero-order chi connectivity index (χ0) is 9.68. The molecule has 0 radical (unpaired) electrons. The number of hydrogen-bond acceptors (Lipinski definition) is 2. The lowest BCUT2D eigenvalue weighted by Gasteiger charge is -2.07. The Labute approximate surface area is 86.0 Å². The van der Waals surface area contributed by atoms with E-state index in [1.54, 1.807) is 0 Å². The van der Waals surface area contributed by atoms with Gasteiger partial charge in [0.1, 0.15) is 0 Å². The molecule has 0 fully saturated rings. The van der Waals surface area contributed by atoms with Crippen LogP contribution in [0, 0.1) is 13.8 Å². The number of thiol groups is 1. The molecular formula is C11H17NS. The van der Waals surface area contributed by atoms with Crippen molar-refractivity contribution in [2.24, 2.45) is 0 Å². The third-order valence-corrected chi connectivity index (χ3v) is 2.33. The van der Waals surface area contributed by atoms with E-state index in [9.17, 15) is 0 Å². The summed E-state index contributed by atoms with van der Waals surface area (Å²) in [6.07, 6.45) is 0. The van der Waals surface area contributed by atoms with Crippen molar-refractivity contribution >= 4 is 12.6 Å². The molecular weight excluding hydrogens is 178 g/mol. The van der Waals surface area contributed by atoms with Gasteiger partial charge in [0.05, 0.1) is 0 Å². The minimum Gasteiger partial charge on any atom is -0.312 e. The van der Waals surface area contributed by atoms with Crippen molar-refractivity contribution in [2.45, 2.75) is 20.4 Å². The van der Waals surface area contributed by atoms with Crippen LogP contribution in [0.25, 0.3) is 0 Å². The van der Waals surface area contributed by atoms with Crippen LogP contribution < -0.4 is 5.32 Å². The number of rotatable bonds is 4. The Morgan fingerprint density at radius 2 is 2.08 bits per heavy atom. The lowest BCUT2D eigenvalue weighted by atomic mass is 10.1. The molecule has 2 heteroatoms. The van der Waals surface area contributed by atoms with E-state index in [0.717, 1.165) is 18.8 Å². The second kappa shape index (κ2) is 5.30. The van der Waals surface area contributed by atoms with Crippen molar-refractivity contribution in [2.75, 3.05) is 12.3 Å². The molecule has 0 aromatic heterocycles. The largest absolute Gasteiger partial charge is 0.312 e. The molecule has 0 aliphatic carbocycles. The Morgan fingerprint density at radius 1 is 1.31 bits per heavy atom. The first-order valence-electron chi connectivity index (χ1n) is 4.61. The molecule has 0 aliphatic heterocycles. The average Bonchev–Trinajstić information content (AvgIpc) is 2.11. The molecule has 0 amide bonds. The SMILES string of the molecule is Cc1ccc(C)c(CNCCS)c1. The van der Waals surface area contributed by atoms with E-state index in [1.807, 2.05) is 0 Å². The van der Waals surface area contributed by atoms with Crippen LogP contribution in [0.2, 0.25) is 0 Å². The summed E-state index contributed by atoms with van der Waals surface area (Å²) in [5, 5.41) is 3.34. The first kappa shape index (κ1) is 10.6. The van der Waals surface area contributed by atoms with E-state index in [-0.39, 0.29) is 0 Å². The summed E-state index contributed by atoms with van der Waals surface area (Å²) < 4.78 is 0. The molecule has 1 N–H and O–H groups in total. The van der Waals surface area contributed by atoms with Crippen LogP contribution >= 0.6 is 12.6 Å². The molecule has 0 spiro atoms. The molecule has 0 saturated heterocycles. The maximum atomic E-state index is 4.15. The fourth-order valence-corrected chi connectivity index (χ4v) is 1.45. The van der Waals surface area contributed by atoms with E-state index in [2.05, 4.69) is 50.0 Å². The summed E-state index contributed by atoms with van der Waals surface area (Å²) in [5.74, 6) is 0.894. The lowest BCUT2D eigenvalue weighted by molar-refractivity contribution is 0.729. The van der Waals surface area contributed by atoms with Crippen molar-refractivity contribution < 1.29 is 0 Å². The number of aryl methyl sites for hydroxylation is 2. The number of nitrogens with one attached hydrogen (secondary N) is 1. The molecule has 0 heterocycles. The van der Waals surface area contributed by atoms with Crippen molar-refractivity contribution in [3.63, 3.8) is 0 Å². The van der Waals surface area contributed by atoms with Crippen LogP contribution in [0.5, 0.6) is 0 Å². The summed E-state index contributed by atoms with van der Waals surface area (Å²) in [6, 6.07) is 6.56. The first-order valence-corrected chi connectivity index (χ1v) is 5.25. The van der Waals surface area contributed by atoms with Gasteiger partial charge in [-0.05, 0) is 25.0 Å². The minimum atomic E-state index is 0.894. The standard InChI is InChI=1S/C11H17NS/c1-9-3-4-10(2)11(7-9)8-12-5-6-13/h3-4,7,12-13H,5-6,8H2,1-2H3. The first-order chi connectivity index (χ1) is 6.24. The zero-order valence-corrected chi connectivity index (χ0v) is 9.20. The van der Waals surface area contributed by atoms with Gasteiger partial charge < -0.3 is 5.32 Å². The average molecular weight is 195 g/mol. The Bertz CT molecular complexity index is 271. The van der Waals surface area contributed by atoms with Crippen LogP contribution in [-0.4, -0.2) is 12.3 Å². The number of hydrogen-bond donors (Lipinski definition) is 2. The molecule has 1 aromatic rings. The molecule has 0 saturated carbocycles. The second-order valence-corrected chi connectivity index (χ2v) is 3.78. The summed E-state index contributed by atoms with van der Waals surface area (Å²) in [7, 11) is 0. The van der Waals surface area contributed by atoms with Crippen LogP contribution in [0.3, 0.4) is 0 Å². The maximum Gasteiger partial charge on any atom is 0.0208 e. The lowest BCUT2D eigenvalue weighted by Crippen LogP contribution is -2.16. The molecule has 0 bridgehead atoms. The van der Waals surface area contributed by atoms with Crippen LogP contribution in [0.4, 0.5) is 0 Å². The predicted octanol–water partition coefficient (Wildman–Crippen LogP) is 2.32. The molecule has 13 heavy (non-hydrogen) atoms. The van der Waals surface area contributed by atoms with Gasteiger partial charge in [-0.15, -0.1) is 0 Å². The zero-order valence-electron chi connectivity index (χ0n) is 8.30. The van der Waals surface area contributed by atoms with E-state index >= 15 is 0 Å². The summed E-state index contributed by atoms with van der Waals surface area (Å²) in [4.78, 5) is 0. The number of benzene rings is 1. The van der Waals surface area contributed by atoms with E-state index in [1.165, 1.54) is 16.7 Å². The molecule has 72 valence electrons. The Kier molecular flexibility index (Phi) is 4.33. The third kappa shape index (κ3) is 3.41. The molecule has 1 rings (SSSR count). The topological polar surface area (TPSA) is 12.0 Å². The van der Waals surface area contributed by atoms with Gasteiger partial charge in [0.25, 0.3) is 0 Å². The van der Waals surface area contributed by atoms with Gasteiger partial charge in [0, 0.05) is 18.8 Å². The molecule has 0 aliphatic rings. The van der Waals surface area contributed by atoms with Crippen molar-refractivity contribution in [1.82, 2.24) is 5.32 Å². The fraction of sp³-hybridized carbons (Fsp3) is 0.455. The van der Waals surface area contributed by atoms with E-state index < -0.39 is 0 Å². The fourth-order valence-electron chi connectivity index (χ4n) is 1.29. The van der Waals surface area contributed by atoms with Gasteiger partial charge >= 0.3 is 0 Å². The van der Waals surface area contributed by atoms with Crippen LogP contribution in [0.15, 0.2) is 18.2 Å². The smallest absolute Gasteiger partial charge is 0.0208 e. The Morgan fingerprint density at radius 3 is 2.77 bits per heavy atom. The van der Waals surface area contributed by atoms with Crippen LogP contribution in [0.1, 0.15) is 16.7 Å².